The van der Waals surface area contributed by atoms with Crippen molar-refractivity contribution in [1.29, 1.82) is 0 Å². The van der Waals surface area contributed by atoms with Gasteiger partial charge >= 0.3 is 0 Å². The van der Waals surface area contributed by atoms with Gasteiger partial charge in [-0.3, -0.25) is 0 Å². The fourth-order valence-corrected chi connectivity index (χ4v) is 1.38. The lowest BCUT2D eigenvalue weighted by molar-refractivity contribution is 0.470. The average molecular weight is 249 g/mol. The quantitative estimate of drug-likeness (QED) is 0.556. The SMILES string of the molecule is CCNC(=S)Nc1cc(Cl)c(O)cc1F. The van der Waals surface area contributed by atoms with E-state index in [0.29, 0.717) is 11.7 Å². The van der Waals surface area contributed by atoms with Crippen LogP contribution in [0.25, 0.3) is 0 Å². The van der Waals surface area contributed by atoms with Crippen LogP contribution in [0.2, 0.25) is 5.02 Å². The highest BCUT2D eigenvalue weighted by atomic mass is 35.5. The van der Waals surface area contributed by atoms with Crippen LogP contribution < -0.4 is 10.6 Å². The van der Waals surface area contributed by atoms with E-state index in [-0.39, 0.29) is 16.5 Å². The molecule has 0 radical (unpaired) electrons. The largest absolute Gasteiger partial charge is 0.506 e. The van der Waals surface area contributed by atoms with Crippen molar-refractivity contribution in [3.63, 3.8) is 0 Å². The molecule has 3 N–H and O–H groups in total. The second-order valence-electron chi connectivity index (χ2n) is 2.77. The Balaban J connectivity index is 2.86. The molecule has 0 saturated heterocycles. The molecule has 3 nitrogen and oxygen atoms in total. The van der Waals surface area contributed by atoms with E-state index in [1.54, 1.807) is 0 Å². The molecule has 0 atom stereocenters. The molecule has 82 valence electrons. The van der Waals surface area contributed by atoms with Crippen molar-refractivity contribution in [2.45, 2.75) is 6.92 Å². The second-order valence-corrected chi connectivity index (χ2v) is 3.58. The number of hydrogen-bond acceptors (Lipinski definition) is 2. The Morgan fingerprint density at radius 2 is 2.27 bits per heavy atom. The first-order valence-electron chi connectivity index (χ1n) is 4.27. The van der Waals surface area contributed by atoms with E-state index in [4.69, 9.17) is 28.9 Å². The molecule has 1 aromatic carbocycles. The van der Waals surface area contributed by atoms with Crippen molar-refractivity contribution in [1.82, 2.24) is 5.32 Å². The number of rotatable bonds is 2. The van der Waals surface area contributed by atoms with Crippen LogP contribution in [0.1, 0.15) is 6.92 Å². The van der Waals surface area contributed by atoms with Crippen molar-refractivity contribution in [3.05, 3.63) is 23.0 Å². The molecule has 0 heterocycles. The molecule has 0 fully saturated rings. The van der Waals surface area contributed by atoms with Crippen LogP contribution >= 0.6 is 23.8 Å². The molecule has 0 aliphatic heterocycles. The highest BCUT2D eigenvalue weighted by Crippen LogP contribution is 2.28. The minimum atomic E-state index is -0.614. The number of benzene rings is 1. The third-order valence-electron chi connectivity index (χ3n) is 1.62. The second kappa shape index (κ2) is 5.14. The molecule has 0 amide bonds. The van der Waals surface area contributed by atoms with Crippen LogP contribution in [0.3, 0.4) is 0 Å². The molecule has 0 aliphatic carbocycles. The summed E-state index contributed by atoms with van der Waals surface area (Å²) in [6.45, 7) is 2.51. The maximum absolute atomic E-state index is 13.3. The summed E-state index contributed by atoms with van der Waals surface area (Å²) >= 11 is 10.5. The molecular weight excluding hydrogens is 239 g/mol. The van der Waals surface area contributed by atoms with E-state index in [9.17, 15) is 4.39 Å². The van der Waals surface area contributed by atoms with Crippen molar-refractivity contribution in [2.75, 3.05) is 11.9 Å². The van der Waals surface area contributed by atoms with E-state index >= 15 is 0 Å². The van der Waals surface area contributed by atoms with Gasteiger partial charge in [0.15, 0.2) is 5.11 Å². The van der Waals surface area contributed by atoms with Crippen LogP contribution in [-0.4, -0.2) is 16.8 Å². The highest BCUT2D eigenvalue weighted by Gasteiger charge is 2.08. The Labute approximate surface area is 97.2 Å². The molecule has 1 rings (SSSR count). The summed E-state index contributed by atoms with van der Waals surface area (Å²) in [4.78, 5) is 0. The molecule has 0 aliphatic rings. The van der Waals surface area contributed by atoms with Gasteiger partial charge in [0.05, 0.1) is 10.7 Å². The Morgan fingerprint density at radius 1 is 1.60 bits per heavy atom. The van der Waals surface area contributed by atoms with Crippen molar-refractivity contribution in [3.8, 4) is 5.75 Å². The van der Waals surface area contributed by atoms with Crippen LogP contribution in [0, 0.1) is 5.82 Å². The lowest BCUT2D eigenvalue weighted by Crippen LogP contribution is -2.28. The zero-order valence-electron chi connectivity index (χ0n) is 7.97. The number of aromatic hydroxyl groups is 1. The molecule has 0 spiro atoms. The van der Waals surface area contributed by atoms with Gasteiger partial charge < -0.3 is 15.7 Å². The standard InChI is InChI=1S/C9H10ClFN2OS/c1-2-12-9(15)13-7-3-5(10)8(14)4-6(7)11/h3-4,14H,2H2,1H3,(H2,12,13,15). The molecule has 0 unspecified atom stereocenters. The molecule has 0 aromatic heterocycles. The number of phenolic OH excluding ortho intramolecular Hbond substituents is 1. The maximum Gasteiger partial charge on any atom is 0.170 e. The summed E-state index contributed by atoms with van der Waals surface area (Å²) < 4.78 is 13.3. The summed E-state index contributed by atoms with van der Waals surface area (Å²) in [5, 5.41) is 14.9. The van der Waals surface area contributed by atoms with Crippen LogP contribution in [0.5, 0.6) is 5.75 Å². The molecule has 0 bridgehead atoms. The monoisotopic (exact) mass is 248 g/mol. The number of hydrogen-bond donors (Lipinski definition) is 3. The van der Waals surface area contributed by atoms with E-state index in [1.165, 1.54) is 6.07 Å². The van der Waals surface area contributed by atoms with E-state index in [2.05, 4.69) is 10.6 Å². The van der Waals surface area contributed by atoms with E-state index in [0.717, 1.165) is 6.07 Å². The van der Waals surface area contributed by atoms with Gasteiger partial charge in [0, 0.05) is 12.6 Å². The lowest BCUT2D eigenvalue weighted by Gasteiger charge is -2.10. The van der Waals surface area contributed by atoms with Crippen molar-refractivity contribution in [2.24, 2.45) is 0 Å². The van der Waals surface area contributed by atoms with Crippen molar-refractivity contribution >= 4 is 34.6 Å². The Hall–Kier alpha value is -1.07. The summed E-state index contributed by atoms with van der Waals surface area (Å²) in [6, 6.07) is 2.20. The number of halogens is 2. The van der Waals surface area contributed by atoms with Gasteiger partial charge in [-0.2, -0.15) is 0 Å². The van der Waals surface area contributed by atoms with Crippen LogP contribution in [0.15, 0.2) is 12.1 Å². The van der Waals surface area contributed by atoms with Gasteiger partial charge in [-0.25, -0.2) is 4.39 Å². The Morgan fingerprint density at radius 3 is 2.87 bits per heavy atom. The van der Waals surface area contributed by atoms with E-state index < -0.39 is 5.82 Å². The van der Waals surface area contributed by atoms with E-state index in [1.807, 2.05) is 6.92 Å². The fraction of sp³-hybridized carbons (Fsp3) is 0.222. The smallest absolute Gasteiger partial charge is 0.170 e. The minimum absolute atomic E-state index is 0.0678. The predicted octanol–water partition coefficient (Wildman–Crippen LogP) is 2.49. The molecule has 0 saturated carbocycles. The van der Waals surface area contributed by atoms with Gasteiger partial charge in [-0.15, -0.1) is 0 Å². The summed E-state index contributed by atoms with van der Waals surface area (Å²) in [7, 11) is 0. The van der Waals surface area contributed by atoms with Gasteiger partial charge in [0.2, 0.25) is 0 Å². The van der Waals surface area contributed by atoms with Gasteiger partial charge in [0.25, 0.3) is 0 Å². The Kier molecular flexibility index (Phi) is 4.11. The first-order valence-corrected chi connectivity index (χ1v) is 5.06. The number of phenols is 1. The molecule has 1 aromatic rings. The zero-order valence-corrected chi connectivity index (χ0v) is 9.55. The maximum atomic E-state index is 13.3. The third kappa shape index (κ3) is 3.21. The lowest BCUT2D eigenvalue weighted by atomic mass is 10.3. The van der Waals surface area contributed by atoms with Gasteiger partial charge in [0.1, 0.15) is 11.6 Å². The summed E-state index contributed by atoms with van der Waals surface area (Å²) in [6.07, 6.45) is 0. The zero-order chi connectivity index (χ0) is 11.4. The Bertz CT molecular complexity index is 387. The number of thiocarbonyl (C=S) groups is 1. The molecule has 15 heavy (non-hydrogen) atoms. The molecule has 6 heteroatoms. The first kappa shape index (κ1) is 12.0. The molecular formula is C9H10ClFN2OS. The number of anilines is 1. The fourth-order valence-electron chi connectivity index (χ4n) is 0.959. The minimum Gasteiger partial charge on any atom is -0.506 e. The highest BCUT2D eigenvalue weighted by molar-refractivity contribution is 7.80. The van der Waals surface area contributed by atoms with Crippen LogP contribution in [-0.2, 0) is 0 Å². The third-order valence-corrected chi connectivity index (χ3v) is 2.17. The topological polar surface area (TPSA) is 44.3 Å². The van der Waals surface area contributed by atoms with Crippen molar-refractivity contribution < 1.29 is 9.50 Å². The first-order chi connectivity index (χ1) is 7.04. The van der Waals surface area contributed by atoms with Gasteiger partial charge in [-0.05, 0) is 25.2 Å². The average Bonchev–Trinajstić information content (AvgIpc) is 2.14. The van der Waals surface area contributed by atoms with Crippen LogP contribution in [0.4, 0.5) is 10.1 Å². The predicted molar refractivity (Wildman–Crippen MR) is 63.0 cm³/mol. The summed E-state index contributed by atoms with van der Waals surface area (Å²) in [5.41, 5.74) is 0.128. The normalized spacial score (nSPS) is 9.80. The van der Waals surface area contributed by atoms with Gasteiger partial charge in [-0.1, -0.05) is 11.6 Å². The summed E-state index contributed by atoms with van der Waals surface area (Å²) in [5.74, 6) is -0.911. The number of nitrogens with one attached hydrogen (secondary N) is 2.